The quantitative estimate of drug-likeness (QED) is 0.178. The number of carbonyl (C=O) groups excluding carboxylic acids is 1. The molecule has 0 saturated carbocycles. The maximum atomic E-state index is 13.5. The molecule has 0 saturated heterocycles. The zero-order valence-corrected chi connectivity index (χ0v) is 19.0. The Bertz CT molecular complexity index is 1450. The second-order valence-electron chi connectivity index (χ2n) is 8.16. The highest BCUT2D eigenvalue weighted by molar-refractivity contribution is 6.23. The van der Waals surface area contributed by atoms with Crippen LogP contribution in [0.15, 0.2) is 107 Å². The van der Waals surface area contributed by atoms with Gasteiger partial charge in [-0.1, -0.05) is 49.4 Å². The molecular weight excluding hydrogens is 440 g/mol. The van der Waals surface area contributed by atoms with Crippen molar-refractivity contribution in [2.24, 2.45) is 0 Å². The standard InChI is InChI=1S/C29H22N2O4/c1-2-20-8-12-24(13-9-20)30-27(21-6-4-3-5-7-21)19-23(29(30)32)18-26-16-17-28(35-26)22-10-14-25(15-11-22)31(33)34/h3-19H,2H2,1H3/b23-18+. The molecule has 0 radical (unpaired) electrons. The van der Waals surface area contributed by atoms with Crippen molar-refractivity contribution in [2.75, 3.05) is 4.90 Å². The summed E-state index contributed by atoms with van der Waals surface area (Å²) < 4.78 is 5.95. The molecule has 0 atom stereocenters. The molecular formula is C29H22N2O4. The topological polar surface area (TPSA) is 76.6 Å². The van der Waals surface area contributed by atoms with Gasteiger partial charge >= 0.3 is 0 Å². The van der Waals surface area contributed by atoms with Gasteiger partial charge < -0.3 is 4.42 Å². The van der Waals surface area contributed by atoms with Crippen molar-refractivity contribution in [1.82, 2.24) is 0 Å². The average Bonchev–Trinajstić information content (AvgIpc) is 3.49. The molecule has 1 aromatic heterocycles. The summed E-state index contributed by atoms with van der Waals surface area (Å²) >= 11 is 0. The van der Waals surface area contributed by atoms with Gasteiger partial charge in [0.15, 0.2) is 0 Å². The minimum absolute atomic E-state index is 0.0184. The molecule has 4 aromatic rings. The summed E-state index contributed by atoms with van der Waals surface area (Å²) in [6.07, 6.45) is 4.52. The van der Waals surface area contributed by atoms with E-state index in [0.29, 0.717) is 17.1 Å². The molecule has 5 rings (SSSR count). The van der Waals surface area contributed by atoms with Crippen molar-refractivity contribution in [1.29, 1.82) is 0 Å². The third-order valence-corrected chi connectivity index (χ3v) is 5.94. The van der Waals surface area contributed by atoms with Crippen LogP contribution in [0.2, 0.25) is 0 Å². The second-order valence-corrected chi connectivity index (χ2v) is 8.16. The molecule has 1 aliphatic rings. The van der Waals surface area contributed by atoms with Crippen LogP contribution < -0.4 is 4.90 Å². The number of nitro benzene ring substituents is 1. The number of non-ortho nitro benzene ring substituents is 1. The van der Waals surface area contributed by atoms with Crippen molar-refractivity contribution in [2.45, 2.75) is 13.3 Å². The van der Waals surface area contributed by atoms with Crippen LogP contribution in [0, 0.1) is 10.1 Å². The molecule has 2 heterocycles. The molecule has 3 aromatic carbocycles. The van der Waals surface area contributed by atoms with Gasteiger partial charge in [0.1, 0.15) is 11.5 Å². The van der Waals surface area contributed by atoms with Crippen LogP contribution in [0.5, 0.6) is 0 Å². The Kier molecular flexibility index (Phi) is 5.85. The summed E-state index contributed by atoms with van der Waals surface area (Å²) in [6.45, 7) is 2.10. The molecule has 0 aliphatic carbocycles. The number of benzene rings is 3. The van der Waals surface area contributed by atoms with Crippen LogP contribution in [0.3, 0.4) is 0 Å². The number of aryl methyl sites for hydroxylation is 1. The summed E-state index contributed by atoms with van der Waals surface area (Å²) in [5.41, 5.74) is 4.99. The van der Waals surface area contributed by atoms with Crippen LogP contribution >= 0.6 is 0 Å². The van der Waals surface area contributed by atoms with E-state index in [1.54, 1.807) is 35.2 Å². The maximum absolute atomic E-state index is 13.5. The van der Waals surface area contributed by atoms with E-state index in [1.165, 1.54) is 17.7 Å². The Balaban J connectivity index is 1.49. The number of rotatable bonds is 6. The normalized spacial score (nSPS) is 14.4. The SMILES string of the molecule is CCc1ccc(N2C(=O)/C(=C/c3ccc(-c4ccc([N+](=O)[O-])cc4)o3)C=C2c2ccccc2)cc1. The largest absolute Gasteiger partial charge is 0.457 e. The monoisotopic (exact) mass is 462 g/mol. The van der Waals surface area contributed by atoms with Crippen molar-refractivity contribution in [3.63, 3.8) is 0 Å². The molecule has 0 bridgehead atoms. The van der Waals surface area contributed by atoms with E-state index in [9.17, 15) is 14.9 Å². The lowest BCUT2D eigenvalue weighted by molar-refractivity contribution is -0.384. The predicted molar refractivity (Wildman–Crippen MR) is 137 cm³/mol. The van der Waals surface area contributed by atoms with Crippen LogP contribution in [-0.4, -0.2) is 10.8 Å². The van der Waals surface area contributed by atoms with Crippen molar-refractivity contribution >= 4 is 29.1 Å². The average molecular weight is 463 g/mol. The minimum Gasteiger partial charge on any atom is -0.457 e. The summed E-state index contributed by atoms with van der Waals surface area (Å²) in [5, 5.41) is 10.9. The number of hydrogen-bond donors (Lipinski definition) is 0. The lowest BCUT2D eigenvalue weighted by Gasteiger charge is -2.21. The molecule has 172 valence electrons. The Morgan fingerprint density at radius 1 is 0.886 bits per heavy atom. The molecule has 0 spiro atoms. The van der Waals surface area contributed by atoms with E-state index in [1.807, 2.05) is 60.7 Å². The molecule has 1 amide bonds. The Hall–Kier alpha value is -4.71. The van der Waals surface area contributed by atoms with Gasteiger partial charge in [-0.25, -0.2) is 0 Å². The van der Waals surface area contributed by atoms with Crippen molar-refractivity contribution < 1.29 is 14.1 Å². The first kappa shape index (κ1) is 22.1. The van der Waals surface area contributed by atoms with E-state index in [2.05, 4.69) is 6.92 Å². The smallest absolute Gasteiger partial charge is 0.269 e. The summed E-state index contributed by atoms with van der Waals surface area (Å²) in [5.74, 6) is 0.950. The van der Waals surface area contributed by atoms with Crippen LogP contribution in [0.4, 0.5) is 11.4 Å². The highest BCUT2D eigenvalue weighted by Gasteiger charge is 2.30. The predicted octanol–water partition coefficient (Wildman–Crippen LogP) is 6.89. The summed E-state index contributed by atoms with van der Waals surface area (Å²) in [6, 6.07) is 27.5. The van der Waals surface area contributed by atoms with E-state index < -0.39 is 4.92 Å². The van der Waals surface area contributed by atoms with Gasteiger partial charge in [0.25, 0.3) is 11.6 Å². The van der Waals surface area contributed by atoms with Gasteiger partial charge in [-0.3, -0.25) is 19.8 Å². The fourth-order valence-corrected chi connectivity index (χ4v) is 4.06. The number of nitro groups is 1. The second kappa shape index (κ2) is 9.27. The lowest BCUT2D eigenvalue weighted by Crippen LogP contribution is -2.24. The first-order valence-corrected chi connectivity index (χ1v) is 11.3. The fourth-order valence-electron chi connectivity index (χ4n) is 4.06. The van der Waals surface area contributed by atoms with E-state index >= 15 is 0 Å². The Labute approximate surface area is 202 Å². The number of carbonyl (C=O) groups is 1. The van der Waals surface area contributed by atoms with Gasteiger partial charge in [-0.15, -0.1) is 0 Å². The van der Waals surface area contributed by atoms with Crippen LogP contribution in [-0.2, 0) is 11.2 Å². The van der Waals surface area contributed by atoms with E-state index in [-0.39, 0.29) is 11.6 Å². The van der Waals surface area contributed by atoms with Gasteiger partial charge in [0.05, 0.1) is 10.6 Å². The fraction of sp³-hybridized carbons (Fsp3) is 0.0690. The number of furan rings is 1. The van der Waals surface area contributed by atoms with Gasteiger partial charge in [-0.05, 0) is 66.1 Å². The lowest BCUT2D eigenvalue weighted by atomic mass is 10.1. The first-order chi connectivity index (χ1) is 17.0. The Morgan fingerprint density at radius 3 is 2.26 bits per heavy atom. The van der Waals surface area contributed by atoms with E-state index in [0.717, 1.165) is 28.9 Å². The first-order valence-electron chi connectivity index (χ1n) is 11.3. The van der Waals surface area contributed by atoms with Crippen molar-refractivity contribution in [3.05, 3.63) is 130 Å². The zero-order valence-electron chi connectivity index (χ0n) is 19.0. The Morgan fingerprint density at radius 2 is 1.60 bits per heavy atom. The molecule has 0 fully saturated rings. The highest BCUT2D eigenvalue weighted by atomic mass is 16.6. The molecule has 6 nitrogen and oxygen atoms in total. The van der Waals surface area contributed by atoms with Crippen LogP contribution in [0.25, 0.3) is 23.1 Å². The highest BCUT2D eigenvalue weighted by Crippen LogP contribution is 2.36. The zero-order chi connectivity index (χ0) is 24.4. The number of nitrogens with zero attached hydrogens (tertiary/aromatic N) is 2. The third kappa shape index (κ3) is 4.42. The van der Waals surface area contributed by atoms with Crippen LogP contribution in [0.1, 0.15) is 23.8 Å². The summed E-state index contributed by atoms with van der Waals surface area (Å²) in [7, 11) is 0. The van der Waals surface area contributed by atoms with Gasteiger partial charge in [0, 0.05) is 29.0 Å². The number of anilines is 1. The van der Waals surface area contributed by atoms with Crippen molar-refractivity contribution in [3.8, 4) is 11.3 Å². The third-order valence-electron chi connectivity index (χ3n) is 5.94. The number of amides is 1. The van der Waals surface area contributed by atoms with E-state index in [4.69, 9.17) is 4.42 Å². The molecule has 1 aliphatic heterocycles. The van der Waals surface area contributed by atoms with Gasteiger partial charge in [-0.2, -0.15) is 0 Å². The minimum atomic E-state index is -0.439. The van der Waals surface area contributed by atoms with Gasteiger partial charge in [0.2, 0.25) is 0 Å². The molecule has 0 N–H and O–H groups in total. The maximum Gasteiger partial charge on any atom is 0.269 e. The molecule has 0 unspecified atom stereocenters. The number of hydrogen-bond acceptors (Lipinski definition) is 4. The molecule has 35 heavy (non-hydrogen) atoms. The molecule has 6 heteroatoms. The summed E-state index contributed by atoms with van der Waals surface area (Å²) in [4.78, 5) is 25.7.